The highest BCUT2D eigenvalue weighted by atomic mass is 19.2. The summed E-state index contributed by atoms with van der Waals surface area (Å²) in [6, 6.07) is 20.5. The van der Waals surface area contributed by atoms with Gasteiger partial charge in [0.2, 0.25) is 5.82 Å². The lowest BCUT2D eigenvalue weighted by atomic mass is 10.0. The van der Waals surface area contributed by atoms with Gasteiger partial charge in [-0.05, 0) is 47.2 Å². The zero-order chi connectivity index (χ0) is 21.3. The lowest BCUT2D eigenvalue weighted by molar-refractivity contribution is 0.284. The molecule has 3 aromatic carbocycles. The minimum atomic E-state index is -1.18. The van der Waals surface area contributed by atoms with Crippen LogP contribution in [0.25, 0.3) is 11.1 Å². The summed E-state index contributed by atoms with van der Waals surface area (Å²) >= 11 is 0. The van der Waals surface area contributed by atoms with Crippen molar-refractivity contribution in [3.63, 3.8) is 0 Å². The van der Waals surface area contributed by atoms with E-state index in [2.05, 4.69) is 31.2 Å². The number of rotatable bonds is 9. The zero-order valence-corrected chi connectivity index (χ0v) is 17.1. The Morgan fingerprint density at radius 2 is 1.40 bits per heavy atom. The van der Waals surface area contributed by atoms with Gasteiger partial charge in [-0.3, -0.25) is 0 Å². The zero-order valence-electron chi connectivity index (χ0n) is 17.1. The maximum atomic E-state index is 13.9. The van der Waals surface area contributed by atoms with Crippen LogP contribution in [0.5, 0.6) is 5.75 Å². The fourth-order valence-corrected chi connectivity index (χ4v) is 3.30. The summed E-state index contributed by atoms with van der Waals surface area (Å²) < 4.78 is 33.0. The fraction of sp³-hybridized carbons (Fsp3) is 0.269. The summed E-state index contributed by atoms with van der Waals surface area (Å²) in [6.45, 7) is 2.33. The van der Waals surface area contributed by atoms with Crippen LogP contribution in [-0.4, -0.2) is 0 Å². The Hall–Kier alpha value is -3.19. The minimum Gasteiger partial charge on any atom is -0.486 e. The van der Waals surface area contributed by atoms with Gasteiger partial charge in [-0.25, -0.2) is 4.39 Å². The van der Waals surface area contributed by atoms with Crippen LogP contribution in [-0.2, 0) is 13.0 Å². The Labute approximate surface area is 176 Å². The first kappa shape index (κ1) is 21.5. The largest absolute Gasteiger partial charge is 0.486 e. The molecule has 0 radical (unpaired) electrons. The summed E-state index contributed by atoms with van der Waals surface area (Å²) in [5, 5.41) is 8.74. The number of hydrogen-bond donors (Lipinski definition) is 0. The third kappa shape index (κ3) is 5.45. The molecule has 0 bridgehead atoms. The van der Waals surface area contributed by atoms with Gasteiger partial charge >= 0.3 is 0 Å². The summed E-state index contributed by atoms with van der Waals surface area (Å²) in [4.78, 5) is 0. The second-order valence-electron chi connectivity index (χ2n) is 7.34. The number of benzene rings is 3. The van der Waals surface area contributed by atoms with Crippen LogP contribution < -0.4 is 4.74 Å². The molecule has 0 fully saturated rings. The van der Waals surface area contributed by atoms with E-state index in [1.165, 1.54) is 43.4 Å². The Balaban J connectivity index is 1.59. The number of unbranched alkanes of at least 4 members (excludes halogenated alkanes) is 3. The average molecular weight is 405 g/mol. The highest BCUT2D eigenvalue weighted by Gasteiger charge is 2.14. The summed E-state index contributed by atoms with van der Waals surface area (Å²) in [5.74, 6) is -2.52. The highest BCUT2D eigenvalue weighted by molar-refractivity contribution is 5.64. The maximum absolute atomic E-state index is 13.9. The lowest BCUT2D eigenvalue weighted by Crippen LogP contribution is -2.00. The third-order valence-electron chi connectivity index (χ3n) is 5.12. The van der Waals surface area contributed by atoms with Crippen LogP contribution >= 0.6 is 0 Å². The van der Waals surface area contributed by atoms with Gasteiger partial charge in [-0.2, -0.15) is 9.65 Å². The van der Waals surface area contributed by atoms with Gasteiger partial charge in [0.25, 0.3) is 0 Å². The van der Waals surface area contributed by atoms with E-state index in [1.54, 1.807) is 6.07 Å². The van der Waals surface area contributed by atoms with Gasteiger partial charge in [-0.1, -0.05) is 74.7 Å². The average Bonchev–Trinajstić information content (AvgIpc) is 2.79. The molecule has 0 amide bonds. The molecule has 0 heterocycles. The van der Waals surface area contributed by atoms with Crippen LogP contribution in [0, 0.1) is 23.0 Å². The predicted octanol–water partition coefficient (Wildman–Crippen LogP) is 7.21. The first-order valence-corrected chi connectivity index (χ1v) is 10.3. The van der Waals surface area contributed by atoms with Crippen molar-refractivity contribution in [3.8, 4) is 22.9 Å². The van der Waals surface area contributed by atoms with Crippen molar-refractivity contribution >= 4 is 0 Å². The molecule has 0 atom stereocenters. The number of nitriles is 1. The second-order valence-corrected chi connectivity index (χ2v) is 7.34. The molecule has 0 spiro atoms. The molecular formula is C26H25F2NO. The normalized spacial score (nSPS) is 10.6. The third-order valence-corrected chi connectivity index (χ3v) is 5.12. The number of aryl methyl sites for hydroxylation is 1. The van der Waals surface area contributed by atoms with E-state index in [4.69, 9.17) is 10.00 Å². The number of hydrogen-bond acceptors (Lipinski definition) is 2. The standard InChI is InChI=1S/C26H25F2NO/c1-2-3-4-5-6-19-7-11-21(12-8-19)22-13-9-20(10-14-22)18-30-24-16-15-23(17-29)25(27)26(24)28/h7-16H,2-6,18H2,1H3. The number of ether oxygens (including phenoxy) is 1. The van der Waals surface area contributed by atoms with Crippen molar-refractivity contribution in [1.82, 2.24) is 0 Å². The first-order chi connectivity index (χ1) is 14.6. The predicted molar refractivity (Wildman–Crippen MR) is 115 cm³/mol. The lowest BCUT2D eigenvalue weighted by Gasteiger charge is -2.09. The quantitative estimate of drug-likeness (QED) is 0.353. The molecule has 2 nitrogen and oxygen atoms in total. The fourth-order valence-electron chi connectivity index (χ4n) is 3.30. The van der Waals surface area contributed by atoms with Crippen molar-refractivity contribution in [2.24, 2.45) is 0 Å². The molecule has 0 aromatic heterocycles. The second kappa shape index (κ2) is 10.5. The van der Waals surface area contributed by atoms with E-state index in [9.17, 15) is 8.78 Å². The van der Waals surface area contributed by atoms with E-state index >= 15 is 0 Å². The molecule has 0 aliphatic rings. The summed E-state index contributed by atoms with van der Waals surface area (Å²) in [6.07, 6.45) is 6.16. The van der Waals surface area contributed by atoms with Crippen LogP contribution in [0.15, 0.2) is 60.7 Å². The number of nitrogens with zero attached hydrogens (tertiary/aromatic N) is 1. The Morgan fingerprint density at radius 1 is 0.767 bits per heavy atom. The van der Waals surface area contributed by atoms with Crippen LogP contribution in [0.1, 0.15) is 49.3 Å². The van der Waals surface area contributed by atoms with E-state index in [-0.39, 0.29) is 17.9 Å². The molecule has 0 aliphatic carbocycles. The summed E-state index contributed by atoms with van der Waals surface area (Å²) in [5.41, 5.74) is 4.09. The molecule has 30 heavy (non-hydrogen) atoms. The van der Waals surface area contributed by atoms with Gasteiger partial charge < -0.3 is 4.74 Å². The van der Waals surface area contributed by atoms with E-state index in [0.29, 0.717) is 0 Å². The van der Waals surface area contributed by atoms with Crippen LogP contribution in [0.2, 0.25) is 0 Å². The monoisotopic (exact) mass is 405 g/mol. The van der Waals surface area contributed by atoms with Crippen molar-refractivity contribution in [1.29, 1.82) is 5.26 Å². The van der Waals surface area contributed by atoms with Gasteiger partial charge in [-0.15, -0.1) is 0 Å². The molecule has 0 saturated carbocycles. The SMILES string of the molecule is CCCCCCc1ccc(-c2ccc(COc3ccc(C#N)c(F)c3F)cc2)cc1. The molecule has 3 rings (SSSR count). The van der Waals surface area contributed by atoms with Crippen LogP contribution in [0.4, 0.5) is 8.78 Å². The van der Waals surface area contributed by atoms with Crippen molar-refractivity contribution in [3.05, 3.63) is 89.0 Å². The van der Waals surface area contributed by atoms with Gasteiger partial charge in [0.15, 0.2) is 11.6 Å². The molecule has 4 heteroatoms. The maximum Gasteiger partial charge on any atom is 0.202 e. The molecule has 3 aromatic rings. The Kier molecular flexibility index (Phi) is 7.57. The van der Waals surface area contributed by atoms with Gasteiger partial charge in [0.05, 0.1) is 5.56 Å². The Bertz CT molecular complexity index is 1000. The van der Waals surface area contributed by atoms with Crippen LogP contribution in [0.3, 0.4) is 0 Å². The van der Waals surface area contributed by atoms with Crippen molar-refractivity contribution < 1.29 is 13.5 Å². The van der Waals surface area contributed by atoms with Crippen molar-refractivity contribution in [2.75, 3.05) is 0 Å². The van der Waals surface area contributed by atoms with E-state index in [1.807, 2.05) is 24.3 Å². The molecule has 0 N–H and O–H groups in total. The smallest absolute Gasteiger partial charge is 0.202 e. The highest BCUT2D eigenvalue weighted by Crippen LogP contribution is 2.25. The number of halogens is 2. The van der Waals surface area contributed by atoms with E-state index < -0.39 is 11.6 Å². The first-order valence-electron chi connectivity index (χ1n) is 10.3. The molecule has 0 unspecified atom stereocenters. The molecule has 0 aliphatic heterocycles. The topological polar surface area (TPSA) is 33.0 Å². The molecule has 0 saturated heterocycles. The molecule has 154 valence electrons. The Morgan fingerprint density at radius 3 is 2.00 bits per heavy atom. The summed E-state index contributed by atoms with van der Waals surface area (Å²) in [7, 11) is 0. The van der Waals surface area contributed by atoms with Gasteiger partial charge in [0, 0.05) is 0 Å². The van der Waals surface area contributed by atoms with E-state index in [0.717, 1.165) is 23.1 Å². The van der Waals surface area contributed by atoms with Crippen molar-refractivity contribution in [2.45, 2.75) is 45.6 Å². The molecular weight excluding hydrogens is 380 g/mol. The van der Waals surface area contributed by atoms with Gasteiger partial charge in [0.1, 0.15) is 12.7 Å². The minimum absolute atomic E-state index is 0.110.